The van der Waals surface area contributed by atoms with Crippen molar-refractivity contribution in [3.8, 4) is 21.9 Å². The summed E-state index contributed by atoms with van der Waals surface area (Å²) in [6, 6.07) is 19.3. The van der Waals surface area contributed by atoms with E-state index in [2.05, 4.69) is 31.8 Å². The predicted octanol–water partition coefficient (Wildman–Crippen LogP) is 5.65. The molecule has 0 radical (unpaired) electrons. The van der Waals surface area contributed by atoms with Gasteiger partial charge >= 0.3 is 23.9 Å². The summed E-state index contributed by atoms with van der Waals surface area (Å²) in [5.74, 6) is -6.27. The van der Waals surface area contributed by atoms with Gasteiger partial charge in [0, 0.05) is 43.7 Å². The van der Waals surface area contributed by atoms with Crippen LogP contribution in [0.15, 0.2) is 65.1 Å². The number of benzene rings is 3. The number of nitrogens with zero attached hydrogens (tertiary/aromatic N) is 2. The minimum atomic E-state index is -1.82. The lowest BCUT2D eigenvalue weighted by Gasteiger charge is -2.16. The van der Waals surface area contributed by atoms with Gasteiger partial charge in [0.15, 0.2) is 5.78 Å². The molecule has 2 saturated heterocycles. The van der Waals surface area contributed by atoms with E-state index in [1.807, 2.05) is 42.5 Å². The number of phenols is 1. The number of ketones is 1. The van der Waals surface area contributed by atoms with Gasteiger partial charge in [-0.1, -0.05) is 28.1 Å². The van der Waals surface area contributed by atoms with Crippen LogP contribution in [0.3, 0.4) is 0 Å². The SMILES string of the molecule is O=C(O)C(=O)O.O=C(O)C(=O)O.O=C(c1ccc(CN2CCCC2)c(Br)c1)c1c(-c2ccc(OCCN3CCCC3)cc2)sc2cc(O)ccc12. The normalized spacial score (nSPS) is 14.2. The molecule has 270 valence electrons. The average molecular weight is 786 g/mol. The maximum atomic E-state index is 14.0. The molecule has 2 aliphatic heterocycles. The molecule has 51 heavy (non-hydrogen) atoms. The molecule has 0 bridgehead atoms. The number of likely N-dealkylation sites (tertiary alicyclic amines) is 2. The Morgan fingerprint density at radius 3 is 1.84 bits per heavy atom. The molecule has 0 unspecified atom stereocenters. The van der Waals surface area contributed by atoms with Gasteiger partial charge in [-0.2, -0.15) is 0 Å². The number of phenolic OH excluding ortho intramolecular Hbond substituents is 1. The van der Waals surface area contributed by atoms with Crippen molar-refractivity contribution >= 4 is 67.0 Å². The molecule has 2 aliphatic rings. The van der Waals surface area contributed by atoms with Crippen molar-refractivity contribution in [2.24, 2.45) is 0 Å². The highest BCUT2D eigenvalue weighted by molar-refractivity contribution is 9.10. The topological polar surface area (TPSA) is 202 Å². The van der Waals surface area contributed by atoms with E-state index in [1.165, 1.54) is 55.7 Å². The van der Waals surface area contributed by atoms with Crippen LogP contribution in [-0.4, -0.2) is 104 Å². The maximum Gasteiger partial charge on any atom is 0.414 e. The molecule has 0 amide bonds. The fourth-order valence-corrected chi connectivity index (χ4v) is 7.40. The highest BCUT2D eigenvalue weighted by Crippen LogP contribution is 2.42. The van der Waals surface area contributed by atoms with E-state index in [0.29, 0.717) is 17.7 Å². The van der Waals surface area contributed by atoms with Crippen molar-refractivity contribution in [3.05, 3.63) is 81.8 Å². The number of hydrogen-bond acceptors (Lipinski definition) is 10. The zero-order valence-electron chi connectivity index (χ0n) is 27.4. The Bertz CT molecular complexity index is 1830. The first kappa shape index (κ1) is 39.0. The summed E-state index contributed by atoms with van der Waals surface area (Å²) in [5, 5.41) is 40.6. The second kappa shape index (κ2) is 18.4. The van der Waals surface area contributed by atoms with Crippen molar-refractivity contribution < 1.29 is 54.2 Å². The molecule has 15 heteroatoms. The van der Waals surface area contributed by atoms with E-state index in [0.717, 1.165) is 56.9 Å². The van der Waals surface area contributed by atoms with Crippen LogP contribution >= 0.6 is 27.3 Å². The number of ether oxygens (including phenoxy) is 1. The Morgan fingerprint density at radius 1 is 0.725 bits per heavy atom. The average Bonchev–Trinajstić information content (AvgIpc) is 3.88. The third-order valence-corrected chi connectivity index (χ3v) is 10.1. The van der Waals surface area contributed by atoms with Gasteiger partial charge in [0.2, 0.25) is 0 Å². The molecule has 3 aromatic carbocycles. The van der Waals surface area contributed by atoms with Crippen LogP contribution in [-0.2, 0) is 25.7 Å². The standard InChI is InChI=1S/C32H33BrN2O3S.2C2H2O4/c33-28-19-23(5-6-24(28)21-35-15-3-4-16-35)31(37)30-27-12-9-25(36)20-29(27)39-32(30)22-7-10-26(11-8-22)38-18-17-34-13-1-2-14-34;2*3-1(4)2(5)6/h5-12,19-20,36H,1-4,13-18,21H2;2*(H,3,4)(H,5,6). The fourth-order valence-electron chi connectivity index (χ4n) is 5.66. The van der Waals surface area contributed by atoms with Gasteiger partial charge in [-0.25, -0.2) is 19.2 Å². The van der Waals surface area contributed by atoms with E-state index in [4.69, 9.17) is 44.3 Å². The van der Waals surface area contributed by atoms with E-state index < -0.39 is 23.9 Å². The predicted molar refractivity (Wildman–Crippen MR) is 193 cm³/mol. The van der Waals surface area contributed by atoms with Gasteiger partial charge in [-0.15, -0.1) is 11.3 Å². The summed E-state index contributed by atoms with van der Waals surface area (Å²) in [4.78, 5) is 56.2. The van der Waals surface area contributed by atoms with Crippen LogP contribution in [0, 0.1) is 0 Å². The van der Waals surface area contributed by atoms with Crippen LogP contribution in [0.4, 0.5) is 0 Å². The smallest absolute Gasteiger partial charge is 0.414 e. The summed E-state index contributed by atoms with van der Waals surface area (Å²) in [6.45, 7) is 7.11. The Morgan fingerprint density at radius 2 is 1.29 bits per heavy atom. The van der Waals surface area contributed by atoms with Crippen LogP contribution < -0.4 is 4.74 Å². The Kier molecular flexibility index (Phi) is 14.1. The first-order valence-electron chi connectivity index (χ1n) is 16.0. The van der Waals surface area contributed by atoms with Gasteiger partial charge in [0.05, 0.1) is 0 Å². The van der Waals surface area contributed by atoms with Crippen LogP contribution in [0.1, 0.15) is 47.2 Å². The highest BCUT2D eigenvalue weighted by atomic mass is 79.9. The molecule has 2 fully saturated rings. The zero-order chi connectivity index (χ0) is 37.1. The summed E-state index contributed by atoms with van der Waals surface area (Å²) in [5.41, 5.74) is 3.50. The van der Waals surface area contributed by atoms with Crippen LogP contribution in [0.5, 0.6) is 11.5 Å². The lowest BCUT2D eigenvalue weighted by atomic mass is 9.97. The minimum absolute atomic E-state index is 0.0127. The molecule has 3 heterocycles. The quantitative estimate of drug-likeness (QED) is 0.103. The Labute approximate surface area is 305 Å². The van der Waals surface area contributed by atoms with Crippen molar-refractivity contribution in [1.82, 2.24) is 9.80 Å². The Hall–Kier alpha value is -4.83. The van der Waals surface area contributed by atoms with Crippen LogP contribution in [0.25, 0.3) is 20.5 Å². The van der Waals surface area contributed by atoms with E-state index in [1.54, 1.807) is 12.1 Å². The molecule has 0 aliphatic carbocycles. The van der Waals surface area contributed by atoms with E-state index >= 15 is 0 Å². The maximum absolute atomic E-state index is 14.0. The van der Waals surface area contributed by atoms with Crippen molar-refractivity contribution in [1.29, 1.82) is 0 Å². The molecule has 6 rings (SSSR count). The number of aliphatic carboxylic acids is 4. The number of carbonyl (C=O) groups excluding carboxylic acids is 1. The number of halogens is 1. The molecule has 13 nitrogen and oxygen atoms in total. The molecule has 1 aromatic heterocycles. The van der Waals surface area contributed by atoms with Crippen molar-refractivity contribution in [2.75, 3.05) is 39.3 Å². The minimum Gasteiger partial charge on any atom is -0.508 e. The first-order chi connectivity index (χ1) is 24.3. The van der Waals surface area contributed by atoms with E-state index in [-0.39, 0.29) is 11.5 Å². The summed E-state index contributed by atoms with van der Waals surface area (Å²) in [7, 11) is 0. The van der Waals surface area contributed by atoms with Crippen molar-refractivity contribution in [3.63, 3.8) is 0 Å². The zero-order valence-corrected chi connectivity index (χ0v) is 29.8. The number of carbonyl (C=O) groups is 5. The summed E-state index contributed by atoms with van der Waals surface area (Å²) in [6.07, 6.45) is 5.07. The number of carboxylic acid groups (broad SMARTS) is 4. The summed E-state index contributed by atoms with van der Waals surface area (Å²) < 4.78 is 7.87. The third-order valence-electron chi connectivity index (χ3n) is 8.17. The highest BCUT2D eigenvalue weighted by Gasteiger charge is 2.23. The molecule has 0 spiro atoms. The number of hydrogen-bond donors (Lipinski definition) is 5. The number of thiophene rings is 1. The molecule has 4 aromatic rings. The molecule has 5 N–H and O–H groups in total. The number of carboxylic acids is 4. The fraction of sp³-hybridized carbons (Fsp3) is 0.306. The molecular weight excluding hydrogens is 748 g/mol. The van der Waals surface area contributed by atoms with E-state index in [9.17, 15) is 9.90 Å². The van der Waals surface area contributed by atoms with Crippen LogP contribution in [0.2, 0.25) is 0 Å². The lowest BCUT2D eigenvalue weighted by Crippen LogP contribution is -2.25. The lowest BCUT2D eigenvalue weighted by molar-refractivity contribution is -0.159. The molecule has 0 atom stereocenters. The van der Waals surface area contributed by atoms with Gasteiger partial charge < -0.3 is 30.3 Å². The van der Waals surface area contributed by atoms with Gasteiger partial charge in [0.1, 0.15) is 18.1 Å². The second-order valence-electron chi connectivity index (χ2n) is 11.7. The first-order valence-corrected chi connectivity index (χ1v) is 17.6. The monoisotopic (exact) mass is 784 g/mol. The van der Waals surface area contributed by atoms with Gasteiger partial charge in [0.25, 0.3) is 0 Å². The van der Waals surface area contributed by atoms with Gasteiger partial charge in [-0.3, -0.25) is 14.6 Å². The second-order valence-corrected chi connectivity index (χ2v) is 13.7. The molecular formula is C36H37BrN2O11S. The third kappa shape index (κ3) is 11.1. The number of fused-ring (bicyclic) bond motifs is 1. The van der Waals surface area contributed by atoms with Crippen molar-refractivity contribution in [2.45, 2.75) is 32.2 Å². The largest absolute Gasteiger partial charge is 0.508 e. The Balaban J connectivity index is 0.000000420. The molecule has 0 saturated carbocycles. The summed E-state index contributed by atoms with van der Waals surface area (Å²) >= 11 is 5.27. The number of aromatic hydroxyl groups is 1. The van der Waals surface area contributed by atoms with Gasteiger partial charge in [-0.05, 0) is 112 Å². The number of rotatable bonds is 9.